The van der Waals surface area contributed by atoms with Gasteiger partial charge in [0.05, 0.1) is 53.8 Å². The third-order valence-corrected chi connectivity index (χ3v) is 11.6. The first-order chi connectivity index (χ1) is 29.3. The largest absolute Gasteiger partial charge is 0.496 e. The normalized spacial score (nSPS) is 13.4. The van der Waals surface area contributed by atoms with Crippen LogP contribution in [0, 0.1) is 11.8 Å². The van der Waals surface area contributed by atoms with E-state index in [9.17, 15) is 0 Å². The second-order valence-corrected chi connectivity index (χ2v) is 15.5. The molecule has 3 aromatic heterocycles. The minimum atomic E-state index is -0.260. The number of rotatable bonds is 15. The Morgan fingerprint density at radius 3 is 2.48 bits per heavy atom. The molecule has 0 spiro atoms. The minimum absolute atomic E-state index is 0.250. The fraction of sp³-hybridized carbons (Fsp3) is 0.326. The monoisotopic (exact) mass is 849 g/mol. The predicted octanol–water partition coefficient (Wildman–Crippen LogP) is 6.91. The van der Waals surface area contributed by atoms with Gasteiger partial charge < -0.3 is 29.0 Å². The van der Waals surface area contributed by atoms with E-state index < -0.39 is 0 Å². The molecule has 14 heteroatoms. The number of hydrogen-bond acceptors (Lipinski definition) is 11. The summed E-state index contributed by atoms with van der Waals surface area (Å²) in [7, 11) is 3.89. The van der Waals surface area contributed by atoms with Crippen LogP contribution in [-0.2, 0) is 24.2 Å². The highest BCUT2D eigenvalue weighted by molar-refractivity contribution is 7.19. The maximum atomic E-state index is 8.36. The summed E-state index contributed by atoms with van der Waals surface area (Å²) in [5.74, 6) is 9.67. The van der Waals surface area contributed by atoms with Crippen LogP contribution in [0.4, 0.5) is 0 Å². The van der Waals surface area contributed by atoms with Gasteiger partial charge in [0.1, 0.15) is 47.7 Å². The van der Waals surface area contributed by atoms with Crippen LogP contribution in [0.15, 0.2) is 79.3 Å². The molecule has 4 heterocycles. The number of quaternary nitrogens is 1. The lowest BCUT2D eigenvalue weighted by Gasteiger charge is -2.29. The molecule has 2 N–H and O–H groups in total. The third-order valence-electron chi connectivity index (χ3n) is 10.1. The Balaban J connectivity index is 0.00000195. The first kappa shape index (κ1) is 43.8. The topological polar surface area (TPSA) is 133 Å². The number of nitrogens with zero attached hydrogens (tertiary/aromatic N) is 5. The molecule has 0 saturated carbocycles. The predicted molar refractivity (Wildman–Crippen MR) is 236 cm³/mol. The highest BCUT2D eigenvalue weighted by Gasteiger charge is 2.25. The first-order valence-corrected chi connectivity index (χ1v) is 21.1. The molecule has 0 bridgehead atoms. The maximum absolute atomic E-state index is 8.36. The highest BCUT2D eigenvalue weighted by Crippen LogP contribution is 2.46. The van der Waals surface area contributed by atoms with Gasteiger partial charge in [-0.05, 0) is 67.3 Å². The minimum Gasteiger partial charge on any atom is -0.496 e. The van der Waals surface area contributed by atoms with E-state index in [-0.39, 0.29) is 19.2 Å². The molecule has 6 aromatic rings. The molecule has 1 fully saturated rings. The van der Waals surface area contributed by atoms with E-state index >= 15 is 0 Å². The second-order valence-electron chi connectivity index (χ2n) is 14.2. The fourth-order valence-corrected chi connectivity index (χ4v) is 8.54. The Kier molecular flexibility index (Phi) is 15.7. The van der Waals surface area contributed by atoms with Gasteiger partial charge in [-0.1, -0.05) is 60.8 Å². The molecule has 1 aliphatic rings. The summed E-state index contributed by atoms with van der Waals surface area (Å²) in [6.45, 7) is 11.9. The number of benzene rings is 3. The van der Waals surface area contributed by atoms with Gasteiger partial charge in [-0.3, -0.25) is 9.69 Å². The lowest BCUT2D eigenvalue weighted by atomic mass is 9.96. The number of thiophene rings is 1. The van der Waals surface area contributed by atoms with Crippen molar-refractivity contribution in [3.05, 3.63) is 106 Å². The van der Waals surface area contributed by atoms with Crippen molar-refractivity contribution in [1.29, 1.82) is 0 Å². The SMILES string of the molecule is CC#Cc1sc2ncnc(OC(C)Cc3ccccc3OCc3ccnc(-c4ccccc4OC)n3)c2c1-c1ccc(OCCN2CC[NH+](C)CC2)c(Cl)c1CC.O=CO. The number of para-hydroxylation sites is 2. The number of halogens is 1. The fourth-order valence-electron chi connectivity index (χ4n) is 7.13. The molecule has 1 aliphatic heterocycles. The number of methoxy groups -OCH3 is 1. The Bertz CT molecular complexity index is 2440. The lowest BCUT2D eigenvalue weighted by molar-refractivity contribution is -0.884. The summed E-state index contributed by atoms with van der Waals surface area (Å²) in [4.78, 5) is 32.7. The smallest absolute Gasteiger partial charge is 0.290 e. The van der Waals surface area contributed by atoms with Crippen LogP contribution in [0.5, 0.6) is 23.1 Å². The van der Waals surface area contributed by atoms with Gasteiger partial charge in [0, 0.05) is 37.8 Å². The van der Waals surface area contributed by atoms with Crippen LogP contribution in [0.3, 0.4) is 0 Å². The molecule has 0 aliphatic carbocycles. The highest BCUT2D eigenvalue weighted by atomic mass is 35.5. The zero-order valence-corrected chi connectivity index (χ0v) is 36.1. The Morgan fingerprint density at radius 2 is 1.73 bits per heavy atom. The van der Waals surface area contributed by atoms with Crippen molar-refractivity contribution in [2.75, 3.05) is 53.5 Å². The van der Waals surface area contributed by atoms with Crippen LogP contribution >= 0.6 is 22.9 Å². The lowest BCUT2D eigenvalue weighted by Crippen LogP contribution is -3.12. The Hall–Kier alpha value is -5.78. The zero-order valence-electron chi connectivity index (χ0n) is 34.5. The molecule has 1 atom stereocenters. The van der Waals surface area contributed by atoms with E-state index in [1.807, 2.05) is 68.4 Å². The van der Waals surface area contributed by atoms with E-state index in [1.165, 1.54) is 11.3 Å². The molecule has 7 rings (SSSR count). The number of carboxylic acid groups (broad SMARTS) is 1. The van der Waals surface area contributed by atoms with Gasteiger partial charge >= 0.3 is 0 Å². The Morgan fingerprint density at radius 1 is 0.983 bits per heavy atom. The van der Waals surface area contributed by atoms with E-state index in [1.54, 1.807) is 24.5 Å². The van der Waals surface area contributed by atoms with Crippen molar-refractivity contribution < 1.29 is 33.7 Å². The number of ether oxygens (including phenoxy) is 4. The van der Waals surface area contributed by atoms with E-state index in [2.05, 4.69) is 57.8 Å². The van der Waals surface area contributed by atoms with Gasteiger partial charge in [-0.2, -0.15) is 0 Å². The number of likely N-dealkylation sites (N-methyl/N-ethyl adjacent to an activating group) is 1. The summed E-state index contributed by atoms with van der Waals surface area (Å²) in [5, 5.41) is 8.33. The van der Waals surface area contributed by atoms with Gasteiger partial charge in [0.2, 0.25) is 5.88 Å². The molecule has 1 unspecified atom stereocenters. The molecule has 3 aromatic carbocycles. The van der Waals surface area contributed by atoms with Crippen LogP contribution in [-0.4, -0.2) is 96.0 Å². The molecular formula is C46H50ClN6O6S+. The van der Waals surface area contributed by atoms with Crippen LogP contribution in [0.2, 0.25) is 5.02 Å². The maximum Gasteiger partial charge on any atom is 0.290 e. The number of aromatic nitrogens is 4. The molecule has 312 valence electrons. The molecule has 60 heavy (non-hydrogen) atoms. The summed E-state index contributed by atoms with van der Waals surface area (Å²) in [6.07, 6.45) is 4.32. The van der Waals surface area contributed by atoms with Crippen molar-refractivity contribution in [3.8, 4) is 57.5 Å². The standard InChI is InChI=1S/C45H47ClN6O4S.CH2O2/c1-6-12-39-40(34-17-18-38(42(46)33(34)7-2)54-26-25-52-23-21-51(4)22-24-52)41-44(48-29-49-45(41)57-39)56-30(3)27-31-13-8-10-15-36(31)55-28-32-19-20-47-43(50-32)35-14-9-11-16-37(35)53-5;2-1-3/h8-11,13-20,29-30H,7,21-28H2,1-5H3;1H,(H,2,3)/p+1. The average Bonchev–Trinajstić information content (AvgIpc) is 3.63. The van der Waals surface area contributed by atoms with E-state index in [0.29, 0.717) is 47.7 Å². The summed E-state index contributed by atoms with van der Waals surface area (Å²) in [5.41, 5.74) is 5.47. The first-order valence-electron chi connectivity index (χ1n) is 19.9. The summed E-state index contributed by atoms with van der Waals surface area (Å²) in [6, 6.07) is 21.6. The van der Waals surface area contributed by atoms with Crippen LogP contribution in [0.1, 0.15) is 42.5 Å². The second kappa shape index (κ2) is 21.5. The van der Waals surface area contributed by atoms with Crippen molar-refractivity contribution in [3.63, 3.8) is 0 Å². The molecule has 0 amide bonds. The zero-order chi connectivity index (χ0) is 42.4. The quantitative estimate of drug-likeness (QED) is 0.0826. The number of nitrogens with one attached hydrogen (secondary N) is 1. The number of carbonyl (C=O) groups is 1. The van der Waals surface area contributed by atoms with Crippen LogP contribution in [0.25, 0.3) is 32.7 Å². The van der Waals surface area contributed by atoms with Gasteiger partial charge in [-0.25, -0.2) is 19.9 Å². The van der Waals surface area contributed by atoms with Crippen molar-refractivity contribution in [2.24, 2.45) is 0 Å². The summed E-state index contributed by atoms with van der Waals surface area (Å²) < 4.78 is 24.9. The third kappa shape index (κ3) is 10.7. The van der Waals surface area contributed by atoms with Gasteiger partial charge in [0.25, 0.3) is 6.47 Å². The van der Waals surface area contributed by atoms with Gasteiger partial charge in [0.15, 0.2) is 5.82 Å². The molecule has 12 nitrogen and oxygen atoms in total. The van der Waals surface area contributed by atoms with E-state index in [0.717, 1.165) is 87.1 Å². The summed E-state index contributed by atoms with van der Waals surface area (Å²) >= 11 is 8.67. The van der Waals surface area contributed by atoms with E-state index in [4.69, 9.17) is 45.4 Å². The molecular weight excluding hydrogens is 800 g/mol. The Labute approximate surface area is 360 Å². The van der Waals surface area contributed by atoms with Crippen molar-refractivity contribution >= 4 is 39.6 Å². The molecule has 0 radical (unpaired) electrons. The number of hydrogen-bond donors (Lipinski definition) is 2. The van der Waals surface area contributed by atoms with Crippen molar-refractivity contribution in [2.45, 2.75) is 46.3 Å². The number of fused-ring (bicyclic) bond motifs is 1. The average molecular weight is 850 g/mol. The van der Waals surface area contributed by atoms with Crippen LogP contribution < -0.4 is 23.8 Å². The number of piperazine rings is 1. The molecule has 1 saturated heterocycles. The van der Waals surface area contributed by atoms with Gasteiger partial charge in [-0.15, -0.1) is 17.3 Å². The van der Waals surface area contributed by atoms with Crippen molar-refractivity contribution in [1.82, 2.24) is 24.8 Å².